The van der Waals surface area contributed by atoms with Gasteiger partial charge >= 0.3 is 68.7 Å². The zero-order chi connectivity index (χ0) is 9.00. The molecule has 0 fully saturated rings. The molecule has 32 nitrogen and oxygen atoms in total. The van der Waals surface area contributed by atoms with E-state index in [9.17, 15) is 0 Å². The third kappa shape index (κ3) is 44700. The van der Waals surface area contributed by atoms with Gasteiger partial charge in [-0.15, -0.1) is 0 Å². The normalized spacial score (nSPS) is 3.22. The van der Waals surface area contributed by atoms with Crippen molar-refractivity contribution in [2.24, 2.45) is 0 Å². The zero-order valence-corrected chi connectivity index (χ0v) is 23.5. The first-order valence-electron chi connectivity index (χ1n) is 1.33. The van der Waals surface area contributed by atoms with Crippen molar-refractivity contribution in [1.29, 1.82) is 0 Å². The fraction of sp³-hybridized carbons (Fsp3) is 0. The van der Waals surface area contributed by atoms with Gasteiger partial charge in [-0.25, -0.2) is 0 Å². The maximum atomic E-state index is 8.52. The summed E-state index contributed by atoms with van der Waals surface area (Å²) >= 11 is 0. The van der Waals surface area contributed by atoms with Crippen LogP contribution in [0.2, 0.25) is 0 Å². The van der Waals surface area contributed by atoms with Crippen LogP contribution < -0.4 is 51.4 Å². The Morgan fingerprint density at radius 2 is 0.250 bits per heavy atom. The second-order valence-electron chi connectivity index (χ2n) is 0.816. The SMILES string of the molecule is O.O.O.O.O.O.O.O.O.O.O.O.O.O.O.O.O.O.O.O.O.O.O.O.O=S(=O)([O-])[O-].O=S(=O)([O-])[O-].[Cr+3].[K+]. The molecule has 0 heterocycles. The molecule has 0 saturated carbocycles. The third-order valence-corrected chi connectivity index (χ3v) is 0. The van der Waals surface area contributed by atoms with Crippen molar-refractivity contribution < 1.29 is 235 Å². The van der Waals surface area contributed by atoms with Gasteiger partial charge in [0.15, 0.2) is 0 Å². The summed E-state index contributed by atoms with van der Waals surface area (Å²) in [7, 11) is -10.3. The standard InChI is InChI=1S/Cr.K.2H2O4S.24H2O/c;;2*1-5(2,3)4;;;;;;;;;;;;;;;;;;;;;;;;/h;;2*(H2,1,2,3,4);24*1H2/q+3;+1;;;;;;;;;;;;;;;;;;;;;;;;;;/p-4. The van der Waals surface area contributed by atoms with Crippen molar-refractivity contribution in [2.45, 2.75) is 0 Å². The van der Waals surface area contributed by atoms with Crippen molar-refractivity contribution >= 4 is 20.8 Å². The van der Waals surface area contributed by atoms with Crippen LogP contribution in [-0.2, 0) is 38.2 Å². The van der Waals surface area contributed by atoms with Gasteiger partial charge in [0.1, 0.15) is 0 Å². The Labute approximate surface area is 254 Å². The minimum Gasteiger partial charge on any atom is -0.759 e. The Bertz CT molecular complexity index is 221. The summed E-state index contributed by atoms with van der Waals surface area (Å²) in [6.45, 7) is 0. The third-order valence-electron chi connectivity index (χ3n) is 0. The molecule has 0 aliphatic carbocycles. The Morgan fingerprint density at radius 3 is 0.250 bits per heavy atom. The van der Waals surface area contributed by atoms with Crippen LogP contribution in [0.25, 0.3) is 0 Å². The molecule has 36 heavy (non-hydrogen) atoms. The molecule has 0 saturated heterocycles. The van der Waals surface area contributed by atoms with E-state index in [1.54, 1.807) is 0 Å². The second-order valence-corrected chi connectivity index (χ2v) is 2.45. The minimum absolute atomic E-state index is 0. The van der Waals surface area contributed by atoms with E-state index in [1.165, 1.54) is 0 Å². The quantitative estimate of drug-likeness (QED) is 0.131. The van der Waals surface area contributed by atoms with Gasteiger partial charge in [0.2, 0.25) is 0 Å². The molecular formula is H48CrKO32S2. The summed E-state index contributed by atoms with van der Waals surface area (Å²) in [6.07, 6.45) is 0. The summed E-state index contributed by atoms with van der Waals surface area (Å²) in [5.74, 6) is 0. The largest absolute Gasteiger partial charge is 3.00 e. The topological polar surface area (TPSA) is 917 Å². The average Bonchev–Trinajstić information content (AvgIpc) is 1.12. The molecule has 0 aliphatic rings. The summed E-state index contributed by atoms with van der Waals surface area (Å²) in [4.78, 5) is 0. The fourth-order valence-electron chi connectivity index (χ4n) is 0. The van der Waals surface area contributed by atoms with E-state index in [1.807, 2.05) is 0 Å². The molecule has 0 atom stereocenters. The Kier molecular flexibility index (Phi) is 4340. The molecular weight excluding hydrogens is 667 g/mol. The molecule has 0 rings (SSSR count). The van der Waals surface area contributed by atoms with Gasteiger partial charge < -0.3 is 150 Å². The molecule has 0 spiro atoms. The van der Waals surface area contributed by atoms with Gasteiger partial charge in [0.25, 0.3) is 0 Å². The van der Waals surface area contributed by atoms with E-state index in [-0.39, 0.29) is 200 Å². The molecule has 0 unspecified atom stereocenters. The van der Waals surface area contributed by atoms with Crippen molar-refractivity contribution in [3.8, 4) is 0 Å². The molecule has 0 aromatic heterocycles. The van der Waals surface area contributed by atoms with E-state index in [2.05, 4.69) is 0 Å². The summed E-state index contributed by atoms with van der Waals surface area (Å²) in [5.41, 5.74) is 0. The molecule has 36 heteroatoms. The maximum Gasteiger partial charge on any atom is 3.00 e. The maximum absolute atomic E-state index is 8.52. The van der Waals surface area contributed by atoms with Crippen LogP contribution >= 0.6 is 0 Å². The van der Waals surface area contributed by atoms with Crippen LogP contribution in [-0.4, -0.2) is 166 Å². The zero-order valence-electron chi connectivity index (χ0n) is 17.5. The Morgan fingerprint density at radius 1 is 0.250 bits per heavy atom. The average molecular weight is 716 g/mol. The first-order valence-corrected chi connectivity index (χ1v) is 4.00. The van der Waals surface area contributed by atoms with Gasteiger partial charge in [-0.3, -0.25) is 16.8 Å². The summed E-state index contributed by atoms with van der Waals surface area (Å²) < 4.78 is 68.2. The molecule has 0 amide bonds. The van der Waals surface area contributed by atoms with E-state index < -0.39 is 20.8 Å². The molecule has 0 aliphatic heterocycles. The number of hydrogen-bond acceptors (Lipinski definition) is 8. The Balaban J connectivity index is -0.000000000794. The number of hydrogen-bond donors (Lipinski definition) is 0. The van der Waals surface area contributed by atoms with E-state index in [0.29, 0.717) is 0 Å². The smallest absolute Gasteiger partial charge is 0.759 e. The summed E-state index contributed by atoms with van der Waals surface area (Å²) in [5, 5.41) is 0. The van der Waals surface area contributed by atoms with Crippen molar-refractivity contribution in [3.05, 3.63) is 0 Å². The van der Waals surface area contributed by atoms with E-state index in [0.717, 1.165) is 0 Å². The molecule has 48 N–H and O–H groups in total. The van der Waals surface area contributed by atoms with Crippen LogP contribution in [0.3, 0.4) is 0 Å². The first kappa shape index (κ1) is 596. The molecule has 259 valence electrons. The predicted molar refractivity (Wildman–Crippen MR) is 108 cm³/mol. The monoisotopic (exact) mass is 715 g/mol. The van der Waals surface area contributed by atoms with E-state index in [4.69, 9.17) is 35.0 Å². The van der Waals surface area contributed by atoms with Crippen LogP contribution in [0.1, 0.15) is 0 Å². The van der Waals surface area contributed by atoms with Crippen LogP contribution in [0.5, 0.6) is 0 Å². The summed E-state index contributed by atoms with van der Waals surface area (Å²) in [6, 6.07) is 0. The van der Waals surface area contributed by atoms with Crippen molar-refractivity contribution in [2.75, 3.05) is 0 Å². The van der Waals surface area contributed by atoms with Crippen molar-refractivity contribution in [1.82, 2.24) is 0 Å². The minimum atomic E-state index is -5.17. The van der Waals surface area contributed by atoms with Crippen LogP contribution in [0, 0.1) is 0 Å². The molecule has 1 radical (unpaired) electrons. The molecule has 0 aromatic carbocycles. The van der Waals surface area contributed by atoms with Gasteiger partial charge in [-0.1, -0.05) is 0 Å². The Hall–Kier alpha value is 0.949. The fourth-order valence-corrected chi connectivity index (χ4v) is 0. The van der Waals surface area contributed by atoms with E-state index >= 15 is 0 Å². The molecule has 0 bridgehead atoms. The van der Waals surface area contributed by atoms with Crippen LogP contribution in [0.15, 0.2) is 0 Å². The van der Waals surface area contributed by atoms with Gasteiger partial charge in [-0.2, -0.15) is 0 Å². The van der Waals surface area contributed by atoms with Gasteiger partial charge in [0, 0.05) is 20.8 Å². The second kappa shape index (κ2) is 262. The van der Waals surface area contributed by atoms with Crippen molar-refractivity contribution in [3.63, 3.8) is 0 Å². The number of rotatable bonds is 0. The molecule has 0 aromatic rings. The predicted octanol–water partition coefficient (Wildman–Crippen LogP) is -25.5. The van der Waals surface area contributed by atoms with Crippen LogP contribution in [0.4, 0.5) is 0 Å². The van der Waals surface area contributed by atoms with Gasteiger partial charge in [-0.05, 0) is 0 Å². The van der Waals surface area contributed by atoms with Gasteiger partial charge in [0.05, 0.1) is 0 Å². The first-order chi connectivity index (χ1) is 4.00.